The van der Waals surface area contributed by atoms with Gasteiger partial charge in [-0.15, -0.1) is 0 Å². The Labute approximate surface area is 67.1 Å². The van der Waals surface area contributed by atoms with Crippen molar-refractivity contribution >= 4 is 16.8 Å². The molecule has 3 nitrogen and oxygen atoms in total. The van der Waals surface area contributed by atoms with E-state index in [4.69, 9.17) is 16.8 Å². The van der Waals surface area contributed by atoms with Crippen molar-refractivity contribution < 1.29 is 9.60 Å². The van der Waals surface area contributed by atoms with Crippen molar-refractivity contribution in [3.05, 3.63) is 29.8 Å². The minimum absolute atomic E-state index is 0.0170. The lowest BCUT2D eigenvalue weighted by Crippen LogP contribution is -1.97. The van der Waals surface area contributed by atoms with Crippen molar-refractivity contribution in [2.24, 2.45) is 5.16 Å². The highest BCUT2D eigenvalue weighted by Crippen LogP contribution is 2.06. The van der Waals surface area contributed by atoms with Crippen LogP contribution in [0.4, 0.5) is 4.39 Å². The number of hydrogen-bond acceptors (Lipinski definition) is 3. The largest absolute Gasteiger partial charge is 0.410 e. The van der Waals surface area contributed by atoms with E-state index in [-0.39, 0.29) is 10.7 Å². The van der Waals surface area contributed by atoms with Crippen molar-refractivity contribution in [1.82, 2.24) is 4.98 Å². The molecule has 0 fully saturated rings. The second-order valence-corrected chi connectivity index (χ2v) is 2.09. The van der Waals surface area contributed by atoms with E-state index in [1.165, 1.54) is 18.3 Å². The van der Waals surface area contributed by atoms with Crippen molar-refractivity contribution in [3.8, 4) is 0 Å². The summed E-state index contributed by atoms with van der Waals surface area (Å²) in [7, 11) is 0. The summed E-state index contributed by atoms with van der Waals surface area (Å²) in [6.07, 6.45) is 1.28. The third-order valence-corrected chi connectivity index (χ3v) is 1.35. The maximum atomic E-state index is 12.6. The van der Waals surface area contributed by atoms with Gasteiger partial charge in [-0.05, 0) is 12.1 Å². The van der Waals surface area contributed by atoms with E-state index in [0.29, 0.717) is 0 Å². The minimum atomic E-state index is -0.754. The molecule has 1 aromatic rings. The Morgan fingerprint density at radius 1 is 1.73 bits per heavy atom. The van der Waals surface area contributed by atoms with Crippen molar-refractivity contribution in [1.29, 1.82) is 0 Å². The maximum absolute atomic E-state index is 12.6. The number of rotatable bonds is 1. The molecule has 0 unspecified atom stereocenters. The van der Waals surface area contributed by atoms with Crippen LogP contribution in [0.15, 0.2) is 23.5 Å². The SMILES string of the molecule is O/N=C(\Cl)c1cccnc1F. The van der Waals surface area contributed by atoms with Crippen LogP contribution in [0.5, 0.6) is 0 Å². The van der Waals surface area contributed by atoms with Gasteiger partial charge in [0.1, 0.15) is 0 Å². The predicted octanol–water partition coefficient (Wildman–Crippen LogP) is 1.60. The Morgan fingerprint density at radius 2 is 2.45 bits per heavy atom. The molecule has 1 heterocycles. The van der Waals surface area contributed by atoms with Gasteiger partial charge in [-0.25, -0.2) is 4.98 Å². The first-order chi connectivity index (χ1) is 5.25. The van der Waals surface area contributed by atoms with E-state index in [1.54, 1.807) is 0 Å². The zero-order valence-corrected chi connectivity index (χ0v) is 6.09. The zero-order valence-electron chi connectivity index (χ0n) is 5.33. The molecule has 0 saturated heterocycles. The monoisotopic (exact) mass is 174 g/mol. The molecule has 11 heavy (non-hydrogen) atoms. The molecular formula is C6H4ClFN2O. The number of hydrogen-bond donors (Lipinski definition) is 1. The highest BCUT2D eigenvalue weighted by molar-refractivity contribution is 6.69. The first kappa shape index (κ1) is 7.94. The van der Waals surface area contributed by atoms with E-state index in [2.05, 4.69) is 10.1 Å². The standard InChI is InChI=1S/C6H4ClFN2O/c7-5(10-11)4-2-1-3-9-6(4)8/h1-3,11H/b10-5-. The van der Waals surface area contributed by atoms with Gasteiger partial charge in [-0.1, -0.05) is 16.8 Å². The summed E-state index contributed by atoms with van der Waals surface area (Å²) in [4.78, 5) is 3.31. The molecule has 1 aromatic heterocycles. The van der Waals surface area contributed by atoms with Crippen LogP contribution in [0.25, 0.3) is 0 Å². The molecule has 0 aliphatic heterocycles. The van der Waals surface area contributed by atoms with Gasteiger partial charge in [-0.3, -0.25) is 0 Å². The Kier molecular flexibility index (Phi) is 2.38. The molecule has 5 heteroatoms. The Hall–Kier alpha value is -1.16. The average molecular weight is 175 g/mol. The Morgan fingerprint density at radius 3 is 3.00 bits per heavy atom. The van der Waals surface area contributed by atoms with Crippen LogP contribution in [0.1, 0.15) is 5.56 Å². The highest BCUT2D eigenvalue weighted by Gasteiger charge is 2.06. The Balaban J connectivity index is 3.14. The average Bonchev–Trinajstić information content (AvgIpc) is 2.04. The summed E-state index contributed by atoms with van der Waals surface area (Å²) in [5.41, 5.74) is -0.0170. The van der Waals surface area contributed by atoms with Gasteiger partial charge in [0.2, 0.25) is 5.95 Å². The summed E-state index contributed by atoms with van der Waals surface area (Å²) in [5, 5.41) is 10.5. The minimum Gasteiger partial charge on any atom is -0.410 e. The molecule has 1 rings (SSSR count). The van der Waals surface area contributed by atoms with Gasteiger partial charge < -0.3 is 5.21 Å². The molecule has 0 atom stereocenters. The van der Waals surface area contributed by atoms with Gasteiger partial charge >= 0.3 is 0 Å². The van der Waals surface area contributed by atoms with Crippen LogP contribution in [-0.4, -0.2) is 15.4 Å². The third-order valence-electron chi connectivity index (χ3n) is 1.07. The predicted molar refractivity (Wildman–Crippen MR) is 38.4 cm³/mol. The summed E-state index contributed by atoms with van der Waals surface area (Å²) < 4.78 is 12.6. The number of pyridine rings is 1. The number of halogens is 2. The molecule has 58 valence electrons. The second-order valence-electron chi connectivity index (χ2n) is 1.73. The summed E-state index contributed by atoms with van der Waals surface area (Å²) >= 11 is 5.32. The molecule has 0 bridgehead atoms. The molecule has 0 saturated carbocycles. The molecule has 0 aromatic carbocycles. The van der Waals surface area contributed by atoms with Crippen molar-refractivity contribution in [2.75, 3.05) is 0 Å². The van der Waals surface area contributed by atoms with Crippen LogP contribution in [0, 0.1) is 5.95 Å². The lowest BCUT2D eigenvalue weighted by atomic mass is 10.3. The number of aromatic nitrogens is 1. The number of oxime groups is 1. The second kappa shape index (κ2) is 3.30. The van der Waals surface area contributed by atoms with Crippen LogP contribution < -0.4 is 0 Å². The summed E-state index contributed by atoms with van der Waals surface area (Å²) in [6, 6.07) is 2.86. The molecule has 0 amide bonds. The topological polar surface area (TPSA) is 45.5 Å². The van der Waals surface area contributed by atoms with Crippen molar-refractivity contribution in [3.63, 3.8) is 0 Å². The molecule has 0 spiro atoms. The quantitative estimate of drug-likeness (QED) is 0.304. The molecule has 1 N–H and O–H groups in total. The first-order valence-electron chi connectivity index (χ1n) is 2.74. The van der Waals surface area contributed by atoms with E-state index in [9.17, 15) is 4.39 Å². The normalized spacial score (nSPS) is 11.6. The summed E-state index contributed by atoms with van der Waals surface area (Å²) in [5.74, 6) is -0.754. The van der Waals surface area contributed by atoms with Gasteiger partial charge in [-0.2, -0.15) is 4.39 Å². The molecule has 0 aliphatic rings. The van der Waals surface area contributed by atoms with Gasteiger partial charge in [0.05, 0.1) is 5.56 Å². The van der Waals surface area contributed by atoms with Gasteiger partial charge in [0.25, 0.3) is 0 Å². The zero-order chi connectivity index (χ0) is 8.27. The van der Waals surface area contributed by atoms with Crippen molar-refractivity contribution in [2.45, 2.75) is 0 Å². The molecule has 0 radical (unpaired) electrons. The van der Waals surface area contributed by atoms with E-state index in [0.717, 1.165) is 0 Å². The fraction of sp³-hybridized carbons (Fsp3) is 0. The Bertz CT molecular complexity index is 290. The fourth-order valence-electron chi connectivity index (χ4n) is 0.594. The highest BCUT2D eigenvalue weighted by atomic mass is 35.5. The van der Waals surface area contributed by atoms with Crippen LogP contribution in [0.2, 0.25) is 0 Å². The maximum Gasteiger partial charge on any atom is 0.223 e. The lowest BCUT2D eigenvalue weighted by Gasteiger charge is -1.94. The fourth-order valence-corrected chi connectivity index (χ4v) is 0.735. The number of nitrogens with zero attached hydrogens (tertiary/aromatic N) is 2. The van der Waals surface area contributed by atoms with Gasteiger partial charge in [0.15, 0.2) is 5.17 Å². The first-order valence-corrected chi connectivity index (χ1v) is 3.12. The lowest BCUT2D eigenvalue weighted by molar-refractivity contribution is 0.320. The third kappa shape index (κ3) is 1.65. The van der Waals surface area contributed by atoms with E-state index >= 15 is 0 Å². The smallest absolute Gasteiger partial charge is 0.223 e. The molecular weight excluding hydrogens is 171 g/mol. The molecule has 0 aliphatic carbocycles. The van der Waals surface area contributed by atoms with Crippen LogP contribution in [0.3, 0.4) is 0 Å². The van der Waals surface area contributed by atoms with Gasteiger partial charge in [0, 0.05) is 6.20 Å². The van der Waals surface area contributed by atoms with E-state index < -0.39 is 5.95 Å². The van der Waals surface area contributed by atoms with Crippen LogP contribution >= 0.6 is 11.6 Å². The summed E-state index contributed by atoms with van der Waals surface area (Å²) in [6.45, 7) is 0. The van der Waals surface area contributed by atoms with Crippen LogP contribution in [-0.2, 0) is 0 Å². The van der Waals surface area contributed by atoms with E-state index in [1.807, 2.05) is 0 Å².